The number of hydrogen-bond acceptors (Lipinski definition) is 6. The Kier molecular flexibility index (Phi) is 5.59. The lowest BCUT2D eigenvalue weighted by molar-refractivity contribution is -0.143. The molecule has 32 heavy (non-hydrogen) atoms. The number of carboxylic acids is 2. The van der Waals surface area contributed by atoms with Crippen LogP contribution in [0.5, 0.6) is 11.5 Å². The van der Waals surface area contributed by atoms with Crippen LogP contribution in [0.4, 0.5) is 0 Å². The molecule has 0 fully saturated rings. The molecule has 2 aromatic carbocycles. The van der Waals surface area contributed by atoms with Crippen molar-refractivity contribution in [3.63, 3.8) is 0 Å². The van der Waals surface area contributed by atoms with E-state index in [0.717, 1.165) is 0 Å². The lowest BCUT2D eigenvalue weighted by Gasteiger charge is -2.19. The number of ether oxygens (including phenoxy) is 2. The number of carbonyl (C=O) groups is 4. The van der Waals surface area contributed by atoms with Gasteiger partial charge in [0.2, 0.25) is 0 Å². The van der Waals surface area contributed by atoms with Crippen LogP contribution in [0.2, 0.25) is 0 Å². The summed E-state index contributed by atoms with van der Waals surface area (Å²) in [6.45, 7) is 0.403. The molecule has 0 amide bonds. The predicted octanol–water partition coefficient (Wildman–Crippen LogP) is 2.67. The van der Waals surface area contributed by atoms with E-state index < -0.39 is 35.3 Å². The van der Waals surface area contributed by atoms with Crippen LogP contribution in [0.15, 0.2) is 48.6 Å². The summed E-state index contributed by atoms with van der Waals surface area (Å²) in [5, 5.41) is 18.6. The molecule has 0 radical (unpaired) electrons. The van der Waals surface area contributed by atoms with Crippen molar-refractivity contribution in [2.24, 2.45) is 0 Å². The molecule has 0 heterocycles. The normalized spacial score (nSPS) is 18.6. The molecule has 0 saturated heterocycles. The number of benzene rings is 2. The van der Waals surface area contributed by atoms with Gasteiger partial charge in [0.05, 0.1) is 0 Å². The van der Waals surface area contributed by atoms with E-state index in [0.29, 0.717) is 33.8 Å². The minimum atomic E-state index is -1.21. The molecule has 162 valence electrons. The molecule has 2 atom stereocenters. The van der Waals surface area contributed by atoms with E-state index in [2.05, 4.69) is 0 Å². The molecule has 8 nitrogen and oxygen atoms in total. The standard InChI is InChI=1S/C24H18O8/c25-19-7-1-13-11-15(3-5-17(13)21(19)23(27)28)31-9-10-32-16-4-6-18-14(12-16)2-8-20(26)22(18)24(29)30/h1-8,11-12,21-22H,9-10H2,(H,27,28)(H,29,30). The third-order valence-corrected chi connectivity index (χ3v) is 5.28. The van der Waals surface area contributed by atoms with Crippen molar-refractivity contribution in [1.29, 1.82) is 0 Å². The Morgan fingerprint density at radius 2 is 1.09 bits per heavy atom. The van der Waals surface area contributed by atoms with Gasteiger partial charge in [0, 0.05) is 0 Å². The predicted molar refractivity (Wildman–Crippen MR) is 113 cm³/mol. The van der Waals surface area contributed by atoms with Crippen LogP contribution in [0.3, 0.4) is 0 Å². The number of hydrogen-bond donors (Lipinski definition) is 2. The first-order valence-electron chi connectivity index (χ1n) is 9.78. The van der Waals surface area contributed by atoms with E-state index >= 15 is 0 Å². The Bertz CT molecular complexity index is 1100. The maximum absolute atomic E-state index is 11.8. The molecular formula is C24H18O8. The van der Waals surface area contributed by atoms with Crippen LogP contribution in [-0.2, 0) is 19.2 Å². The van der Waals surface area contributed by atoms with E-state index in [9.17, 15) is 29.4 Å². The van der Waals surface area contributed by atoms with Crippen LogP contribution >= 0.6 is 0 Å². The Morgan fingerprint density at radius 3 is 1.47 bits per heavy atom. The van der Waals surface area contributed by atoms with Gasteiger partial charge in [0.1, 0.15) is 36.5 Å². The van der Waals surface area contributed by atoms with Gasteiger partial charge in [-0.2, -0.15) is 0 Å². The summed E-state index contributed by atoms with van der Waals surface area (Å²) in [6, 6.07) is 9.69. The molecule has 0 saturated carbocycles. The van der Waals surface area contributed by atoms with Gasteiger partial charge in [0.25, 0.3) is 0 Å². The summed E-state index contributed by atoms with van der Waals surface area (Å²) in [7, 11) is 0. The van der Waals surface area contributed by atoms with Crippen molar-refractivity contribution < 1.29 is 38.9 Å². The Hall–Kier alpha value is -4.20. The third-order valence-electron chi connectivity index (χ3n) is 5.28. The Labute approximate surface area is 182 Å². The zero-order chi connectivity index (χ0) is 22.8. The fourth-order valence-electron chi connectivity index (χ4n) is 3.77. The number of fused-ring (bicyclic) bond motifs is 2. The number of carbonyl (C=O) groups excluding carboxylic acids is 2. The van der Waals surface area contributed by atoms with Crippen molar-refractivity contribution >= 4 is 35.7 Å². The highest BCUT2D eigenvalue weighted by Gasteiger charge is 2.31. The fraction of sp³-hybridized carbons (Fsp3) is 0.167. The van der Waals surface area contributed by atoms with Gasteiger partial charge in [-0.25, -0.2) is 0 Å². The van der Waals surface area contributed by atoms with Gasteiger partial charge in [-0.15, -0.1) is 0 Å². The Balaban J connectivity index is 1.37. The average molecular weight is 434 g/mol. The lowest BCUT2D eigenvalue weighted by atomic mass is 9.86. The van der Waals surface area contributed by atoms with Crippen LogP contribution in [0.25, 0.3) is 12.2 Å². The van der Waals surface area contributed by atoms with E-state index in [-0.39, 0.29) is 13.2 Å². The highest BCUT2D eigenvalue weighted by molar-refractivity contribution is 6.14. The van der Waals surface area contributed by atoms with Crippen molar-refractivity contribution in [2.45, 2.75) is 11.8 Å². The smallest absolute Gasteiger partial charge is 0.318 e. The molecule has 2 unspecified atom stereocenters. The fourth-order valence-corrected chi connectivity index (χ4v) is 3.77. The quantitative estimate of drug-likeness (QED) is 0.503. The first-order valence-corrected chi connectivity index (χ1v) is 9.78. The minimum absolute atomic E-state index is 0.201. The molecule has 0 spiro atoms. The summed E-state index contributed by atoms with van der Waals surface area (Å²) in [6.07, 6.45) is 5.63. The van der Waals surface area contributed by atoms with Gasteiger partial charge >= 0.3 is 11.9 Å². The van der Waals surface area contributed by atoms with Crippen LogP contribution in [0.1, 0.15) is 34.1 Å². The first kappa shape index (κ1) is 21.0. The van der Waals surface area contributed by atoms with Gasteiger partial charge in [0.15, 0.2) is 11.6 Å². The second-order valence-electron chi connectivity index (χ2n) is 7.29. The van der Waals surface area contributed by atoms with Crippen LogP contribution in [-0.4, -0.2) is 46.9 Å². The summed E-state index contributed by atoms with van der Waals surface area (Å²) in [4.78, 5) is 46.4. The molecule has 2 aliphatic rings. The molecule has 0 bridgehead atoms. The maximum Gasteiger partial charge on any atom is 0.318 e. The average Bonchev–Trinajstić information content (AvgIpc) is 2.76. The van der Waals surface area contributed by atoms with Gasteiger partial charge < -0.3 is 19.7 Å². The van der Waals surface area contributed by atoms with E-state index in [1.54, 1.807) is 48.6 Å². The van der Waals surface area contributed by atoms with Gasteiger partial charge in [-0.3, -0.25) is 19.2 Å². The highest BCUT2D eigenvalue weighted by Crippen LogP contribution is 2.32. The van der Waals surface area contributed by atoms with Crippen molar-refractivity contribution in [3.05, 3.63) is 70.8 Å². The van der Waals surface area contributed by atoms with E-state index in [4.69, 9.17) is 9.47 Å². The largest absolute Gasteiger partial charge is 0.490 e. The zero-order valence-corrected chi connectivity index (χ0v) is 16.7. The van der Waals surface area contributed by atoms with Gasteiger partial charge in [-0.1, -0.05) is 24.3 Å². The number of ketones is 2. The molecule has 2 N–H and O–H groups in total. The topological polar surface area (TPSA) is 127 Å². The molecular weight excluding hydrogens is 416 g/mol. The maximum atomic E-state index is 11.8. The molecule has 0 aliphatic heterocycles. The van der Waals surface area contributed by atoms with Crippen LogP contribution in [0, 0.1) is 0 Å². The summed E-state index contributed by atoms with van der Waals surface area (Å²) in [5.41, 5.74) is 2.07. The summed E-state index contributed by atoms with van der Waals surface area (Å²) < 4.78 is 11.3. The molecule has 2 aromatic rings. The summed E-state index contributed by atoms with van der Waals surface area (Å²) >= 11 is 0. The third kappa shape index (κ3) is 4.02. The molecule has 8 heteroatoms. The zero-order valence-electron chi connectivity index (χ0n) is 16.7. The van der Waals surface area contributed by atoms with Crippen molar-refractivity contribution in [2.75, 3.05) is 13.2 Å². The second kappa shape index (κ2) is 8.50. The number of aliphatic carboxylic acids is 2. The second-order valence-corrected chi connectivity index (χ2v) is 7.29. The van der Waals surface area contributed by atoms with E-state index in [1.807, 2.05) is 0 Å². The minimum Gasteiger partial charge on any atom is -0.490 e. The van der Waals surface area contributed by atoms with Crippen LogP contribution < -0.4 is 9.47 Å². The van der Waals surface area contributed by atoms with Crippen molar-refractivity contribution in [3.8, 4) is 11.5 Å². The summed E-state index contributed by atoms with van der Waals surface area (Å²) in [5.74, 6) is -4.72. The van der Waals surface area contributed by atoms with Crippen molar-refractivity contribution in [1.82, 2.24) is 0 Å². The SMILES string of the molecule is O=C(O)C1C(=O)C=Cc2cc(OCCOc3ccc4c(c3)C=CC(=O)C4C(=O)O)ccc21. The number of carboxylic acid groups (broad SMARTS) is 2. The molecule has 0 aromatic heterocycles. The molecule has 2 aliphatic carbocycles. The highest BCUT2D eigenvalue weighted by atomic mass is 16.5. The molecule has 4 rings (SSSR count). The lowest BCUT2D eigenvalue weighted by Crippen LogP contribution is -2.23. The number of allylic oxidation sites excluding steroid dienone is 2. The van der Waals surface area contributed by atoms with Gasteiger partial charge in [-0.05, 0) is 58.7 Å². The monoisotopic (exact) mass is 434 g/mol. The van der Waals surface area contributed by atoms with E-state index in [1.165, 1.54) is 12.2 Å². The first-order chi connectivity index (χ1) is 15.3. The Morgan fingerprint density at radius 1 is 0.688 bits per heavy atom. The number of rotatable bonds is 7.